The fourth-order valence-corrected chi connectivity index (χ4v) is 16.3. The van der Waals surface area contributed by atoms with E-state index in [1.807, 2.05) is 127 Å². The standard InChI is InChI=1S/C33H20ClN3S.C31H18ClN3S.C27H16ClN3O/c34-33-36-31(23-15-16-30-28(20-23)27-13-7-8-14-29(27)38-30)35-32(37-33)26-18-24(21-9-3-1-4-10-21)17-25(19-26)22-11-5-2-6-12-22;32-31-34-29(20-16-17-25-24-10-4-5-15-27(24)36-28(25)18-20)33-30(35-31)26-14-7-12-22-21(11-6-13-23(22)26)19-8-2-1-3-9-19;28-27-30-25(19-15-13-18(14-16-19)17-7-2-1-3-8-17)29-26(31-27)22-11-6-10-21-20-9-4-5-12-23(20)32-24(21)22/h1-20H;1-18H;1-16H. The number of hydrogen-bond donors (Lipinski definition) is 0. The van der Waals surface area contributed by atoms with Crippen LogP contribution in [-0.4, -0.2) is 44.9 Å². The fraction of sp³-hybridized carbons (Fsp3) is 0. The SMILES string of the molecule is Clc1nc(-c2cc(-c3ccccc3)cc(-c3ccccc3)c2)nc(-c2ccc3sc4ccccc4c3c2)n1.Clc1nc(-c2ccc(-c3ccccc3)cc2)nc(-c2cccc3c2oc2ccccc23)n1.Clc1nc(-c2ccc3c(c2)sc2ccccc23)nc(-c2cccc3c(-c4ccccc4)cccc23)n1. The van der Waals surface area contributed by atoms with Crippen LogP contribution in [0.15, 0.2) is 332 Å². The van der Waals surface area contributed by atoms with Gasteiger partial charge < -0.3 is 4.42 Å². The summed E-state index contributed by atoms with van der Waals surface area (Å²) in [6.07, 6.45) is 0. The zero-order chi connectivity index (χ0) is 71.0. The topological polar surface area (TPSA) is 129 Å². The van der Waals surface area contributed by atoms with Gasteiger partial charge in [-0.2, -0.15) is 29.9 Å². The van der Waals surface area contributed by atoms with Crippen LogP contribution < -0.4 is 0 Å². The molecule has 14 aromatic carbocycles. The van der Waals surface area contributed by atoms with Crippen LogP contribution in [0, 0.1) is 0 Å². The van der Waals surface area contributed by atoms with Gasteiger partial charge in [-0.1, -0.05) is 261 Å². The van der Waals surface area contributed by atoms with Gasteiger partial charge in [0.2, 0.25) is 15.9 Å². The van der Waals surface area contributed by atoms with Gasteiger partial charge in [0.05, 0.1) is 5.56 Å². The Labute approximate surface area is 631 Å². The van der Waals surface area contributed by atoms with E-state index in [1.165, 1.54) is 51.5 Å². The molecule has 0 unspecified atom stereocenters. The highest BCUT2D eigenvalue weighted by molar-refractivity contribution is 7.26. The maximum atomic E-state index is 6.50. The van der Waals surface area contributed by atoms with Gasteiger partial charge in [-0.15, -0.1) is 22.7 Å². The summed E-state index contributed by atoms with van der Waals surface area (Å²) in [6, 6.07) is 112. The van der Waals surface area contributed by atoms with Gasteiger partial charge in [-0.3, -0.25) is 0 Å². The molecule has 20 aromatic rings. The molecule has 0 aliphatic heterocycles. The Bertz CT molecular complexity index is 6640. The van der Waals surface area contributed by atoms with Gasteiger partial charge in [-0.05, 0) is 157 Å². The van der Waals surface area contributed by atoms with Crippen molar-refractivity contribution in [3.05, 3.63) is 343 Å². The highest BCUT2D eigenvalue weighted by Gasteiger charge is 2.20. The van der Waals surface area contributed by atoms with Gasteiger partial charge in [-0.25, -0.2) is 15.0 Å². The first-order chi connectivity index (χ1) is 52.2. The van der Waals surface area contributed by atoms with Crippen molar-refractivity contribution < 1.29 is 4.42 Å². The van der Waals surface area contributed by atoms with Crippen LogP contribution in [0.3, 0.4) is 0 Å². The maximum absolute atomic E-state index is 6.50. The number of para-hydroxylation sites is 2. The summed E-state index contributed by atoms with van der Waals surface area (Å²) < 4.78 is 11.1. The predicted octanol–water partition coefficient (Wildman–Crippen LogP) is 26.0. The predicted molar refractivity (Wildman–Crippen MR) is 439 cm³/mol. The molecule has 502 valence electrons. The van der Waals surface area contributed by atoms with Crippen molar-refractivity contribution in [1.82, 2.24) is 44.9 Å². The third kappa shape index (κ3) is 13.2. The Morgan fingerprint density at radius 3 is 1.18 bits per heavy atom. The van der Waals surface area contributed by atoms with Crippen LogP contribution in [0.25, 0.3) is 186 Å². The van der Waals surface area contributed by atoms with Crippen molar-refractivity contribution in [2.75, 3.05) is 0 Å². The lowest BCUT2D eigenvalue weighted by Gasteiger charge is -2.11. The van der Waals surface area contributed by atoms with Crippen molar-refractivity contribution in [3.8, 4) is 113 Å². The molecule has 0 aliphatic rings. The number of fused-ring (bicyclic) bond motifs is 10. The molecule has 0 aliphatic carbocycles. The number of nitrogens with zero attached hydrogens (tertiary/aromatic N) is 9. The molecule has 15 heteroatoms. The zero-order valence-corrected chi connectivity index (χ0v) is 60.0. The maximum Gasteiger partial charge on any atom is 0.226 e. The Morgan fingerprint density at radius 1 is 0.198 bits per heavy atom. The Balaban J connectivity index is 0.000000113. The summed E-state index contributed by atoms with van der Waals surface area (Å²) in [5.74, 6) is 3.25. The van der Waals surface area contributed by atoms with E-state index in [1.54, 1.807) is 22.7 Å². The molecule has 6 heterocycles. The van der Waals surface area contributed by atoms with Gasteiger partial charge in [0.25, 0.3) is 0 Å². The molecule has 0 saturated heterocycles. The molecule has 0 radical (unpaired) electrons. The molecule has 0 bridgehead atoms. The lowest BCUT2D eigenvalue weighted by atomic mass is 9.95. The van der Waals surface area contributed by atoms with E-state index in [9.17, 15) is 0 Å². The zero-order valence-electron chi connectivity index (χ0n) is 56.1. The summed E-state index contributed by atoms with van der Waals surface area (Å²) in [7, 11) is 0. The second kappa shape index (κ2) is 28.6. The van der Waals surface area contributed by atoms with Crippen LogP contribution in [-0.2, 0) is 0 Å². The largest absolute Gasteiger partial charge is 0.455 e. The van der Waals surface area contributed by atoms with E-state index in [0.717, 1.165) is 99.5 Å². The first-order valence-electron chi connectivity index (χ1n) is 34.2. The molecule has 0 fully saturated rings. The van der Waals surface area contributed by atoms with E-state index in [-0.39, 0.29) is 15.9 Å². The molecule has 10 nitrogen and oxygen atoms in total. The van der Waals surface area contributed by atoms with Crippen LogP contribution in [0.2, 0.25) is 15.9 Å². The number of hydrogen-bond acceptors (Lipinski definition) is 12. The van der Waals surface area contributed by atoms with Crippen LogP contribution in [0.4, 0.5) is 0 Å². The Hall–Kier alpha value is -12.5. The number of rotatable bonds is 10. The normalized spacial score (nSPS) is 11.3. The third-order valence-electron chi connectivity index (χ3n) is 18.6. The highest BCUT2D eigenvalue weighted by Crippen LogP contribution is 2.42. The van der Waals surface area contributed by atoms with Crippen molar-refractivity contribution in [3.63, 3.8) is 0 Å². The summed E-state index contributed by atoms with van der Waals surface area (Å²) in [6.45, 7) is 0. The second-order valence-electron chi connectivity index (χ2n) is 25.2. The second-order valence-corrected chi connectivity index (χ2v) is 28.4. The van der Waals surface area contributed by atoms with Gasteiger partial charge >= 0.3 is 0 Å². The van der Waals surface area contributed by atoms with E-state index in [0.29, 0.717) is 34.9 Å². The van der Waals surface area contributed by atoms with Crippen LogP contribution in [0.1, 0.15) is 0 Å². The molecule has 0 amide bonds. The number of benzene rings is 14. The lowest BCUT2D eigenvalue weighted by molar-refractivity contribution is 0.669. The number of furan rings is 1. The first-order valence-corrected chi connectivity index (χ1v) is 37.0. The summed E-state index contributed by atoms with van der Waals surface area (Å²) >= 11 is 22.8. The average molecular weight is 1460 g/mol. The van der Waals surface area contributed by atoms with Gasteiger partial charge in [0, 0.05) is 78.9 Å². The van der Waals surface area contributed by atoms with E-state index >= 15 is 0 Å². The minimum Gasteiger partial charge on any atom is -0.455 e. The van der Waals surface area contributed by atoms with Crippen LogP contribution >= 0.6 is 57.5 Å². The van der Waals surface area contributed by atoms with E-state index in [2.05, 4.69) is 230 Å². The summed E-state index contributed by atoms with van der Waals surface area (Å²) in [5, 5.41) is 9.73. The molecule has 6 aromatic heterocycles. The summed E-state index contributed by atoms with van der Waals surface area (Å²) in [5.41, 5.74) is 15.9. The third-order valence-corrected chi connectivity index (χ3v) is 21.4. The molecule has 0 N–H and O–H groups in total. The monoisotopic (exact) mass is 1460 g/mol. The number of halogens is 3. The Kier molecular flexibility index (Phi) is 17.7. The van der Waals surface area contributed by atoms with Crippen molar-refractivity contribution in [2.24, 2.45) is 0 Å². The quantitative estimate of drug-likeness (QED) is 0.130. The molecule has 106 heavy (non-hydrogen) atoms. The van der Waals surface area contributed by atoms with E-state index in [4.69, 9.17) is 54.2 Å². The number of aromatic nitrogens is 9. The Morgan fingerprint density at radius 2 is 0.566 bits per heavy atom. The lowest BCUT2D eigenvalue weighted by Crippen LogP contribution is -1.98. The van der Waals surface area contributed by atoms with Crippen molar-refractivity contribution in [1.29, 1.82) is 0 Å². The van der Waals surface area contributed by atoms with Crippen LogP contribution in [0.5, 0.6) is 0 Å². The first kappa shape index (κ1) is 65.5. The van der Waals surface area contributed by atoms with Crippen molar-refractivity contribution in [2.45, 2.75) is 0 Å². The highest BCUT2D eigenvalue weighted by atomic mass is 35.5. The van der Waals surface area contributed by atoms with Gasteiger partial charge in [0.15, 0.2) is 34.9 Å². The van der Waals surface area contributed by atoms with E-state index < -0.39 is 0 Å². The van der Waals surface area contributed by atoms with Gasteiger partial charge in [0.1, 0.15) is 11.2 Å². The molecule has 20 rings (SSSR count). The minimum atomic E-state index is 0.144. The molecular weight excluding hydrogens is 1410 g/mol. The van der Waals surface area contributed by atoms with Crippen molar-refractivity contribution >= 4 is 131 Å². The molecule has 0 spiro atoms. The fourth-order valence-electron chi connectivity index (χ4n) is 13.6. The number of thiophene rings is 2. The summed E-state index contributed by atoms with van der Waals surface area (Å²) in [4.78, 5) is 41.4. The average Bonchev–Trinajstić information content (AvgIpc) is 1.39. The molecular formula is C91H54Cl3N9OS2. The molecule has 0 saturated carbocycles. The molecule has 0 atom stereocenters. The minimum absolute atomic E-state index is 0.144. The smallest absolute Gasteiger partial charge is 0.226 e.